The summed E-state index contributed by atoms with van der Waals surface area (Å²) in [5.74, 6) is 1.08. The number of carbonyl (C=O) groups excluding carboxylic acids is 1. The summed E-state index contributed by atoms with van der Waals surface area (Å²) in [7, 11) is 1.90. The Bertz CT molecular complexity index is 384. The van der Waals surface area contributed by atoms with Crippen LogP contribution in [0.3, 0.4) is 0 Å². The third kappa shape index (κ3) is 2.86. The van der Waals surface area contributed by atoms with Crippen molar-refractivity contribution in [2.45, 2.75) is 32.2 Å². The number of thiophene rings is 1. The number of hydrogen-bond donors (Lipinski definition) is 1. The fraction of sp³-hybridized carbons (Fsp3) is 0.615. The topological polar surface area (TPSA) is 20.3 Å². The normalized spacial score (nSPS) is 18.8. The van der Waals surface area contributed by atoms with Gasteiger partial charge >= 0.3 is 0 Å². The molecule has 0 radical (unpaired) electrons. The Hall–Kier alpha value is -0.480. The second-order valence-corrected chi connectivity index (χ2v) is 6.33. The van der Waals surface area contributed by atoms with Gasteiger partial charge in [0.05, 0.1) is 6.04 Å². The predicted octanol–water partition coefficient (Wildman–Crippen LogP) is 3.37. The highest BCUT2D eigenvalue weighted by Gasteiger charge is 2.43. The minimum Gasteiger partial charge on any atom is -0.338 e. The molecule has 94 valence electrons. The van der Waals surface area contributed by atoms with Gasteiger partial charge in [-0.25, -0.2) is 0 Å². The summed E-state index contributed by atoms with van der Waals surface area (Å²) < 4.78 is 0. The zero-order valence-electron chi connectivity index (χ0n) is 10.3. The van der Waals surface area contributed by atoms with E-state index in [1.807, 2.05) is 18.0 Å². The predicted molar refractivity (Wildman–Crippen MR) is 75.6 cm³/mol. The van der Waals surface area contributed by atoms with Gasteiger partial charge < -0.3 is 4.90 Å². The molecule has 0 bridgehead atoms. The SMILES string of the molecule is CC(c1cccs1)N(C)C(=O)CC1(CS)CC1. The lowest BCUT2D eigenvalue weighted by atomic mass is 10.0. The van der Waals surface area contributed by atoms with Gasteiger partial charge in [-0.05, 0) is 42.4 Å². The fourth-order valence-electron chi connectivity index (χ4n) is 1.95. The number of amides is 1. The molecule has 0 aromatic carbocycles. The smallest absolute Gasteiger partial charge is 0.223 e. The van der Waals surface area contributed by atoms with E-state index in [9.17, 15) is 4.79 Å². The van der Waals surface area contributed by atoms with Gasteiger partial charge in [0.2, 0.25) is 5.91 Å². The summed E-state index contributed by atoms with van der Waals surface area (Å²) in [5, 5.41) is 2.06. The summed E-state index contributed by atoms with van der Waals surface area (Å²) in [4.78, 5) is 15.3. The number of rotatable bonds is 5. The first-order chi connectivity index (χ1) is 8.08. The average molecular weight is 269 g/mol. The fourth-order valence-corrected chi connectivity index (χ4v) is 3.20. The molecule has 1 unspecified atom stereocenters. The quantitative estimate of drug-likeness (QED) is 0.813. The van der Waals surface area contributed by atoms with Crippen molar-refractivity contribution in [2.24, 2.45) is 5.41 Å². The molecule has 4 heteroatoms. The summed E-state index contributed by atoms with van der Waals surface area (Å²) in [6.07, 6.45) is 2.97. The van der Waals surface area contributed by atoms with Crippen LogP contribution in [0.4, 0.5) is 0 Å². The molecule has 1 aliphatic carbocycles. The van der Waals surface area contributed by atoms with Crippen LogP contribution in [0.1, 0.15) is 37.1 Å². The van der Waals surface area contributed by atoms with Crippen molar-refractivity contribution in [3.05, 3.63) is 22.4 Å². The molecule has 0 N–H and O–H groups in total. The first kappa shape index (κ1) is 13.0. The van der Waals surface area contributed by atoms with Crippen LogP contribution in [-0.4, -0.2) is 23.6 Å². The van der Waals surface area contributed by atoms with Crippen LogP contribution in [0.5, 0.6) is 0 Å². The maximum atomic E-state index is 12.2. The standard InChI is InChI=1S/C13H19NOS2/c1-10(11-4-3-7-17-11)14(2)12(15)8-13(9-16)5-6-13/h3-4,7,10,16H,5-6,8-9H2,1-2H3. The number of nitrogens with zero attached hydrogens (tertiary/aromatic N) is 1. The van der Waals surface area contributed by atoms with Crippen LogP contribution < -0.4 is 0 Å². The molecule has 2 rings (SSSR count). The molecule has 1 aromatic rings. The lowest BCUT2D eigenvalue weighted by Gasteiger charge is -2.26. The zero-order valence-corrected chi connectivity index (χ0v) is 12.1. The molecular formula is C13H19NOS2. The van der Waals surface area contributed by atoms with Crippen molar-refractivity contribution in [2.75, 3.05) is 12.8 Å². The van der Waals surface area contributed by atoms with Crippen LogP contribution in [0.2, 0.25) is 0 Å². The van der Waals surface area contributed by atoms with E-state index in [1.54, 1.807) is 11.3 Å². The third-order valence-corrected chi connectivity index (χ3v) is 5.46. The van der Waals surface area contributed by atoms with Gasteiger partial charge in [-0.3, -0.25) is 4.79 Å². The summed E-state index contributed by atoms with van der Waals surface area (Å²) >= 11 is 6.06. The highest BCUT2D eigenvalue weighted by atomic mass is 32.1. The molecule has 0 saturated heterocycles. The highest BCUT2D eigenvalue weighted by molar-refractivity contribution is 7.80. The summed E-state index contributed by atoms with van der Waals surface area (Å²) in [6, 6.07) is 4.30. The van der Waals surface area contributed by atoms with E-state index in [-0.39, 0.29) is 17.4 Å². The highest BCUT2D eigenvalue weighted by Crippen LogP contribution is 2.50. The van der Waals surface area contributed by atoms with E-state index in [4.69, 9.17) is 0 Å². The molecule has 1 fully saturated rings. The maximum absolute atomic E-state index is 12.2. The van der Waals surface area contributed by atoms with Gasteiger partial charge in [-0.15, -0.1) is 11.3 Å². The van der Waals surface area contributed by atoms with Crippen LogP contribution in [-0.2, 0) is 4.79 Å². The second-order valence-electron chi connectivity index (χ2n) is 5.03. The van der Waals surface area contributed by atoms with E-state index in [1.165, 1.54) is 4.88 Å². The minimum absolute atomic E-state index is 0.179. The Morgan fingerprint density at radius 2 is 2.35 bits per heavy atom. The van der Waals surface area contributed by atoms with E-state index < -0.39 is 0 Å². The number of hydrogen-bond acceptors (Lipinski definition) is 3. The Kier molecular flexibility index (Phi) is 3.83. The Balaban J connectivity index is 1.95. The minimum atomic E-state index is 0.179. The number of carbonyl (C=O) groups is 1. The monoisotopic (exact) mass is 269 g/mol. The zero-order chi connectivity index (χ0) is 12.5. The Morgan fingerprint density at radius 1 is 1.65 bits per heavy atom. The molecule has 1 heterocycles. The number of thiol groups is 1. The van der Waals surface area contributed by atoms with Gasteiger partial charge in [0, 0.05) is 18.3 Å². The van der Waals surface area contributed by atoms with Crippen LogP contribution >= 0.6 is 24.0 Å². The van der Waals surface area contributed by atoms with Gasteiger partial charge in [0.25, 0.3) is 0 Å². The van der Waals surface area contributed by atoms with E-state index in [0.717, 1.165) is 18.6 Å². The summed E-state index contributed by atoms with van der Waals surface area (Å²) in [5.41, 5.74) is 0.212. The van der Waals surface area contributed by atoms with Gasteiger partial charge in [-0.1, -0.05) is 6.07 Å². The van der Waals surface area contributed by atoms with Crippen molar-refractivity contribution in [3.8, 4) is 0 Å². The lowest BCUT2D eigenvalue weighted by molar-refractivity contribution is -0.132. The molecular weight excluding hydrogens is 250 g/mol. The van der Waals surface area contributed by atoms with Crippen LogP contribution in [0, 0.1) is 5.41 Å². The van der Waals surface area contributed by atoms with Crippen molar-refractivity contribution in [1.82, 2.24) is 4.90 Å². The largest absolute Gasteiger partial charge is 0.338 e. The van der Waals surface area contributed by atoms with Gasteiger partial charge in [0.1, 0.15) is 0 Å². The van der Waals surface area contributed by atoms with Crippen molar-refractivity contribution >= 4 is 29.9 Å². The third-order valence-electron chi connectivity index (χ3n) is 3.75. The Labute approximate surface area is 112 Å². The molecule has 1 aliphatic rings. The van der Waals surface area contributed by atoms with Crippen molar-refractivity contribution < 1.29 is 4.79 Å². The molecule has 17 heavy (non-hydrogen) atoms. The van der Waals surface area contributed by atoms with Crippen molar-refractivity contribution in [3.63, 3.8) is 0 Å². The van der Waals surface area contributed by atoms with Crippen LogP contribution in [0.25, 0.3) is 0 Å². The molecule has 1 amide bonds. The van der Waals surface area contributed by atoms with Gasteiger partial charge in [-0.2, -0.15) is 12.6 Å². The van der Waals surface area contributed by atoms with E-state index in [0.29, 0.717) is 6.42 Å². The molecule has 0 spiro atoms. The second kappa shape index (κ2) is 5.02. The Morgan fingerprint density at radius 3 is 2.82 bits per heavy atom. The first-order valence-corrected chi connectivity index (χ1v) is 7.49. The first-order valence-electron chi connectivity index (χ1n) is 5.98. The maximum Gasteiger partial charge on any atom is 0.223 e. The molecule has 2 nitrogen and oxygen atoms in total. The molecule has 0 aliphatic heterocycles. The average Bonchev–Trinajstić information content (AvgIpc) is 2.90. The lowest BCUT2D eigenvalue weighted by Crippen LogP contribution is -2.31. The van der Waals surface area contributed by atoms with Gasteiger partial charge in [0.15, 0.2) is 0 Å². The van der Waals surface area contributed by atoms with Crippen LogP contribution in [0.15, 0.2) is 17.5 Å². The molecule has 1 aromatic heterocycles. The molecule has 1 atom stereocenters. The summed E-state index contributed by atoms with van der Waals surface area (Å²) in [6.45, 7) is 2.09. The van der Waals surface area contributed by atoms with E-state index >= 15 is 0 Å². The molecule has 1 saturated carbocycles. The van der Waals surface area contributed by atoms with E-state index in [2.05, 4.69) is 31.0 Å². The van der Waals surface area contributed by atoms with Crippen molar-refractivity contribution in [1.29, 1.82) is 0 Å².